The Balaban J connectivity index is 1.50. The summed E-state index contributed by atoms with van der Waals surface area (Å²) in [6, 6.07) is 5.48. The van der Waals surface area contributed by atoms with Crippen LogP contribution in [0.3, 0.4) is 0 Å². The molecule has 2 N–H and O–H groups in total. The molecule has 10 heteroatoms. The second-order valence-electron chi connectivity index (χ2n) is 6.27. The lowest BCUT2D eigenvalue weighted by atomic mass is 10.2. The van der Waals surface area contributed by atoms with Crippen LogP contribution in [0.1, 0.15) is 21.8 Å². The van der Waals surface area contributed by atoms with Crippen LogP contribution in [0.15, 0.2) is 53.7 Å². The molecule has 29 heavy (non-hydrogen) atoms. The van der Waals surface area contributed by atoms with Crippen molar-refractivity contribution in [3.05, 3.63) is 66.3 Å². The zero-order valence-electron chi connectivity index (χ0n) is 15.8. The number of pyridine rings is 1. The van der Waals surface area contributed by atoms with Crippen molar-refractivity contribution in [2.24, 2.45) is 7.05 Å². The van der Waals surface area contributed by atoms with Crippen LogP contribution < -0.4 is 10.6 Å². The number of aryl methyl sites for hydroxylation is 2. The van der Waals surface area contributed by atoms with Crippen LogP contribution in [0.2, 0.25) is 0 Å². The molecule has 1 amide bonds. The lowest BCUT2D eigenvalue weighted by molar-refractivity contribution is 0.0916. The van der Waals surface area contributed by atoms with Gasteiger partial charge in [0, 0.05) is 38.2 Å². The summed E-state index contributed by atoms with van der Waals surface area (Å²) >= 11 is 0. The van der Waals surface area contributed by atoms with Crippen LogP contribution in [-0.2, 0) is 13.6 Å². The van der Waals surface area contributed by atoms with Crippen LogP contribution in [0.4, 0.5) is 11.8 Å². The molecule has 0 atom stereocenters. The highest BCUT2D eigenvalue weighted by Crippen LogP contribution is 2.22. The predicted octanol–water partition coefficient (Wildman–Crippen LogP) is 2.24. The van der Waals surface area contributed by atoms with E-state index in [1.807, 2.05) is 26.1 Å². The molecule has 0 saturated carbocycles. The van der Waals surface area contributed by atoms with Gasteiger partial charge in [-0.25, -0.2) is 15.0 Å². The topological polar surface area (TPSA) is 124 Å². The van der Waals surface area contributed by atoms with E-state index in [0.717, 1.165) is 16.9 Å². The van der Waals surface area contributed by atoms with Crippen LogP contribution in [0.25, 0.3) is 11.4 Å². The van der Waals surface area contributed by atoms with Gasteiger partial charge in [-0.3, -0.25) is 14.5 Å². The minimum atomic E-state index is -0.417. The highest BCUT2D eigenvalue weighted by Gasteiger charge is 2.17. The Morgan fingerprint density at radius 2 is 2.10 bits per heavy atom. The molecule has 4 aromatic heterocycles. The highest BCUT2D eigenvalue weighted by molar-refractivity contribution is 5.90. The molecule has 4 heterocycles. The number of carbonyl (C=O) groups is 1. The lowest BCUT2D eigenvalue weighted by Crippen LogP contribution is -2.23. The van der Waals surface area contributed by atoms with Crippen LogP contribution in [0, 0.1) is 6.92 Å². The largest absolute Gasteiger partial charge is 0.440 e. The second-order valence-corrected chi connectivity index (χ2v) is 6.27. The minimum Gasteiger partial charge on any atom is -0.440 e. The van der Waals surface area contributed by atoms with Gasteiger partial charge < -0.3 is 15.1 Å². The average molecular weight is 390 g/mol. The van der Waals surface area contributed by atoms with E-state index >= 15 is 0 Å². The minimum absolute atomic E-state index is 0.0388. The van der Waals surface area contributed by atoms with Crippen molar-refractivity contribution in [3.63, 3.8) is 0 Å². The first-order valence-electron chi connectivity index (χ1n) is 8.82. The molecule has 0 aromatic carbocycles. The summed E-state index contributed by atoms with van der Waals surface area (Å²) in [5.41, 5.74) is 2.70. The molecule has 0 saturated heterocycles. The number of hydrogen-bond donors (Lipinski definition) is 2. The highest BCUT2D eigenvalue weighted by atomic mass is 16.4. The Hall–Kier alpha value is -4.08. The number of amides is 1. The fourth-order valence-corrected chi connectivity index (χ4v) is 2.62. The number of anilines is 2. The number of oxazole rings is 1. The Morgan fingerprint density at radius 3 is 2.86 bits per heavy atom. The van der Waals surface area contributed by atoms with Crippen molar-refractivity contribution < 1.29 is 9.21 Å². The van der Waals surface area contributed by atoms with E-state index in [1.165, 1.54) is 6.26 Å². The number of nitrogens with one attached hydrogen (secondary N) is 2. The quantitative estimate of drug-likeness (QED) is 0.514. The summed E-state index contributed by atoms with van der Waals surface area (Å²) < 4.78 is 7.03. The second kappa shape index (κ2) is 7.89. The smallest absolute Gasteiger partial charge is 0.307 e. The summed E-state index contributed by atoms with van der Waals surface area (Å²) in [6.45, 7) is 2.19. The summed E-state index contributed by atoms with van der Waals surface area (Å²) in [4.78, 5) is 29.4. The van der Waals surface area contributed by atoms with E-state index in [4.69, 9.17) is 4.42 Å². The fourth-order valence-electron chi connectivity index (χ4n) is 2.62. The molecule has 0 aliphatic rings. The van der Waals surface area contributed by atoms with Gasteiger partial charge in [0.15, 0.2) is 0 Å². The monoisotopic (exact) mass is 390 g/mol. The summed E-state index contributed by atoms with van der Waals surface area (Å²) in [5.74, 6) is 0.679. The van der Waals surface area contributed by atoms with E-state index in [1.54, 1.807) is 35.5 Å². The Bertz CT molecular complexity index is 1140. The molecule has 4 aromatic rings. The molecule has 0 radical (unpaired) electrons. The molecule has 0 aliphatic heterocycles. The van der Waals surface area contributed by atoms with Crippen LogP contribution >= 0.6 is 0 Å². The Morgan fingerprint density at radius 1 is 1.21 bits per heavy atom. The van der Waals surface area contributed by atoms with Gasteiger partial charge in [0.2, 0.25) is 5.95 Å². The van der Waals surface area contributed by atoms with E-state index in [0.29, 0.717) is 23.9 Å². The van der Waals surface area contributed by atoms with E-state index < -0.39 is 5.91 Å². The Labute approximate surface area is 166 Å². The van der Waals surface area contributed by atoms with Gasteiger partial charge in [0.1, 0.15) is 23.5 Å². The van der Waals surface area contributed by atoms with Crippen molar-refractivity contribution >= 4 is 17.7 Å². The summed E-state index contributed by atoms with van der Waals surface area (Å²) in [7, 11) is 1.81. The molecule has 0 bridgehead atoms. The molecule has 0 aliphatic carbocycles. The first kappa shape index (κ1) is 18.3. The van der Waals surface area contributed by atoms with Gasteiger partial charge in [-0.1, -0.05) is 6.07 Å². The number of nitrogens with zero attached hydrogens (tertiary/aromatic N) is 6. The maximum absolute atomic E-state index is 12.3. The SMILES string of the molecule is Cc1cnc(Nc2ccnn2C)nc1-c1coc(C(=O)NCc2cccnc2)n1. The van der Waals surface area contributed by atoms with Crippen molar-refractivity contribution in [2.75, 3.05) is 5.32 Å². The number of carbonyl (C=O) groups excluding carboxylic acids is 1. The normalized spacial score (nSPS) is 10.7. The van der Waals surface area contributed by atoms with Gasteiger partial charge in [0.25, 0.3) is 5.89 Å². The molecule has 0 fully saturated rings. The van der Waals surface area contributed by atoms with Gasteiger partial charge in [0.05, 0.1) is 6.20 Å². The molecular weight excluding hydrogens is 372 g/mol. The Kier molecular flexibility index (Phi) is 4.97. The maximum atomic E-state index is 12.3. The summed E-state index contributed by atoms with van der Waals surface area (Å²) in [6.07, 6.45) is 8.11. The first-order valence-corrected chi connectivity index (χ1v) is 8.82. The molecule has 146 valence electrons. The van der Waals surface area contributed by atoms with Gasteiger partial charge >= 0.3 is 5.91 Å². The molecule has 10 nitrogen and oxygen atoms in total. The standard InChI is InChI=1S/C19H18N8O2/c1-12-8-22-19(25-15-5-7-23-27(15)2)26-16(12)14-11-29-18(24-14)17(28)21-10-13-4-3-6-20-9-13/h3-9,11H,10H2,1-2H3,(H,21,28)(H,22,25,26). The average Bonchev–Trinajstić information content (AvgIpc) is 3.38. The van der Waals surface area contributed by atoms with Crippen LogP contribution in [0.5, 0.6) is 0 Å². The third kappa shape index (κ3) is 4.10. The molecule has 4 rings (SSSR count). The fraction of sp³-hybridized carbons (Fsp3) is 0.158. The van der Waals surface area contributed by atoms with E-state index in [2.05, 4.69) is 35.7 Å². The predicted molar refractivity (Wildman–Crippen MR) is 104 cm³/mol. The number of aromatic nitrogens is 6. The van der Waals surface area contributed by atoms with E-state index in [-0.39, 0.29) is 5.89 Å². The third-order valence-corrected chi connectivity index (χ3v) is 4.15. The lowest BCUT2D eigenvalue weighted by Gasteiger charge is -2.07. The first-order chi connectivity index (χ1) is 14.1. The zero-order chi connectivity index (χ0) is 20.2. The molecule has 0 unspecified atom stereocenters. The molecule has 0 spiro atoms. The zero-order valence-corrected chi connectivity index (χ0v) is 15.8. The van der Waals surface area contributed by atoms with Crippen molar-refractivity contribution in [1.29, 1.82) is 0 Å². The van der Waals surface area contributed by atoms with Gasteiger partial charge in [-0.2, -0.15) is 5.10 Å². The number of hydrogen-bond acceptors (Lipinski definition) is 8. The van der Waals surface area contributed by atoms with Gasteiger partial charge in [-0.05, 0) is 24.1 Å². The summed E-state index contributed by atoms with van der Waals surface area (Å²) in [5, 5.41) is 9.94. The third-order valence-electron chi connectivity index (χ3n) is 4.15. The molecular formula is C19H18N8O2. The van der Waals surface area contributed by atoms with Crippen molar-refractivity contribution in [2.45, 2.75) is 13.5 Å². The van der Waals surface area contributed by atoms with Crippen molar-refractivity contribution in [1.82, 2.24) is 35.0 Å². The van der Waals surface area contributed by atoms with E-state index in [9.17, 15) is 4.79 Å². The number of rotatable bonds is 6. The maximum Gasteiger partial charge on any atom is 0.307 e. The van der Waals surface area contributed by atoms with Crippen molar-refractivity contribution in [3.8, 4) is 11.4 Å². The van der Waals surface area contributed by atoms with Crippen LogP contribution in [-0.4, -0.2) is 35.6 Å². The van der Waals surface area contributed by atoms with Gasteiger partial charge in [-0.15, -0.1) is 0 Å².